The van der Waals surface area contributed by atoms with Crippen molar-refractivity contribution in [2.75, 3.05) is 46.4 Å². The maximum absolute atomic E-state index is 12.6. The molecule has 0 aromatic rings. The normalized spacial score (nSPS) is 15.1. The Morgan fingerprint density at radius 2 is 0.678 bits per heavy atom. The van der Waals surface area contributed by atoms with Crippen LogP contribution >= 0.6 is 0 Å². The Morgan fingerprint density at radius 1 is 0.390 bits per heavy atom. The molecule has 0 aliphatic carbocycles. The molecule has 0 radical (unpaired) electrons. The number of nitrogens with one attached hydrogen (secondary N) is 1. The van der Waals surface area contributed by atoms with Gasteiger partial charge in [0.05, 0.1) is 13.2 Å². The van der Waals surface area contributed by atoms with Crippen LogP contribution in [0.2, 0.25) is 0 Å². The van der Waals surface area contributed by atoms with Gasteiger partial charge in [0.2, 0.25) is 0 Å². The van der Waals surface area contributed by atoms with Crippen LogP contribution in [0, 0.1) is 47.3 Å². The molecule has 1 N–H and O–H groups in total. The molecule has 0 aliphatic rings. The first-order chi connectivity index (χ1) is 28.2. The van der Waals surface area contributed by atoms with Gasteiger partial charge in [-0.2, -0.15) is 0 Å². The molecule has 59 heavy (non-hydrogen) atoms. The second kappa shape index (κ2) is 39.7. The quantitative estimate of drug-likeness (QED) is 0.0487. The molecule has 0 aliphatic heterocycles. The molecule has 6 nitrogen and oxygen atoms in total. The first kappa shape index (κ1) is 57.9. The van der Waals surface area contributed by atoms with Gasteiger partial charge >= 0.3 is 11.9 Å². The number of carbonyl (C=O) groups excluding carboxylic acids is 2. The summed E-state index contributed by atoms with van der Waals surface area (Å²) in [6, 6.07) is 0. The monoisotopic (exact) mass is 835 g/mol. The maximum atomic E-state index is 12.6. The van der Waals surface area contributed by atoms with Crippen molar-refractivity contribution in [2.24, 2.45) is 47.3 Å². The molecule has 0 fully saturated rings. The van der Waals surface area contributed by atoms with Gasteiger partial charge in [-0.05, 0) is 119 Å². The van der Waals surface area contributed by atoms with E-state index >= 15 is 0 Å². The summed E-state index contributed by atoms with van der Waals surface area (Å²) in [7, 11) is 2.00. The first-order valence-electron chi connectivity index (χ1n) is 25.9. The summed E-state index contributed by atoms with van der Waals surface area (Å²) < 4.78 is 11.3. The lowest BCUT2D eigenvalue weighted by atomic mass is 9.91. The Kier molecular flexibility index (Phi) is 38.9. The molecule has 0 aromatic carbocycles. The number of unbranched alkanes of at least 4 members (excludes halogenated alkanes) is 1. The van der Waals surface area contributed by atoms with Crippen LogP contribution in [0.15, 0.2) is 0 Å². The van der Waals surface area contributed by atoms with Crippen LogP contribution in [-0.4, -0.2) is 63.3 Å². The van der Waals surface area contributed by atoms with Gasteiger partial charge < -0.3 is 19.7 Å². The highest BCUT2D eigenvalue weighted by atomic mass is 16.5. The van der Waals surface area contributed by atoms with Crippen LogP contribution < -0.4 is 5.32 Å². The standard InChI is InChI=1S/C53H106N2O4/c1-44(2)22-14-24-46(5)26-16-28-48(7)30-18-32-50(9)36-42-58-52(56)34-20-40-55(39-13-12-38-54-11)41-21-35-53(57)59-43-37-51(10)33-19-31-49(8)29-17-27-47(6)25-15-23-45(3)4/h44-51,54H,12-43H2,1-11H3. The Balaban J connectivity index is 4.14. The van der Waals surface area contributed by atoms with Crippen molar-refractivity contribution in [3.63, 3.8) is 0 Å². The summed E-state index contributed by atoms with van der Waals surface area (Å²) in [5.74, 6) is 6.07. The Bertz CT molecular complexity index is 872. The van der Waals surface area contributed by atoms with E-state index < -0.39 is 0 Å². The number of ether oxygens (including phenoxy) is 2. The third-order valence-electron chi connectivity index (χ3n) is 13.1. The fourth-order valence-electron chi connectivity index (χ4n) is 8.63. The SMILES string of the molecule is CNCCCCN(CCCC(=O)OCCC(C)CCCC(C)CCCC(C)CCCC(C)C)CCCC(=O)OCCC(C)CCCC(C)CCCC(C)CCCC(C)C. The van der Waals surface area contributed by atoms with Crippen molar-refractivity contribution in [3.8, 4) is 0 Å². The third-order valence-corrected chi connectivity index (χ3v) is 13.1. The predicted molar refractivity (Wildman–Crippen MR) is 257 cm³/mol. The largest absolute Gasteiger partial charge is 0.466 e. The van der Waals surface area contributed by atoms with Crippen molar-refractivity contribution in [3.05, 3.63) is 0 Å². The van der Waals surface area contributed by atoms with Crippen molar-refractivity contribution in [1.29, 1.82) is 0 Å². The fraction of sp³-hybridized carbons (Fsp3) is 0.962. The van der Waals surface area contributed by atoms with Crippen molar-refractivity contribution in [2.45, 2.75) is 236 Å². The highest BCUT2D eigenvalue weighted by molar-refractivity contribution is 5.69. The van der Waals surface area contributed by atoms with Crippen LogP contribution in [0.4, 0.5) is 0 Å². The lowest BCUT2D eigenvalue weighted by molar-refractivity contribution is -0.144. The summed E-state index contributed by atoms with van der Waals surface area (Å²) >= 11 is 0. The smallest absolute Gasteiger partial charge is 0.305 e. The number of hydrogen-bond acceptors (Lipinski definition) is 6. The van der Waals surface area contributed by atoms with Crippen molar-refractivity contribution in [1.82, 2.24) is 10.2 Å². The summed E-state index contributed by atoms with van der Waals surface area (Å²) in [5, 5.41) is 3.24. The number of rotatable bonds is 43. The number of nitrogens with zero attached hydrogens (tertiary/aromatic N) is 1. The van der Waals surface area contributed by atoms with Crippen LogP contribution in [0.5, 0.6) is 0 Å². The zero-order valence-electron chi connectivity index (χ0n) is 41.8. The van der Waals surface area contributed by atoms with Crippen LogP contribution in [0.3, 0.4) is 0 Å². The Labute approximate surface area is 370 Å². The fourth-order valence-corrected chi connectivity index (χ4v) is 8.63. The van der Waals surface area contributed by atoms with E-state index in [1.807, 2.05) is 7.05 Å². The van der Waals surface area contributed by atoms with Gasteiger partial charge in [0.15, 0.2) is 0 Å². The van der Waals surface area contributed by atoms with E-state index in [-0.39, 0.29) is 11.9 Å². The molecule has 0 bridgehead atoms. The minimum atomic E-state index is -0.0698. The molecule has 6 unspecified atom stereocenters. The average Bonchev–Trinajstić information content (AvgIpc) is 3.16. The summed E-state index contributed by atoms with van der Waals surface area (Å²) in [4.78, 5) is 27.6. The van der Waals surface area contributed by atoms with E-state index in [2.05, 4.69) is 79.5 Å². The summed E-state index contributed by atoms with van der Waals surface area (Å²) in [5.41, 5.74) is 0. The van der Waals surface area contributed by atoms with Gasteiger partial charge in [0.25, 0.3) is 0 Å². The molecular weight excluding hydrogens is 729 g/mol. The van der Waals surface area contributed by atoms with Crippen molar-refractivity contribution < 1.29 is 19.1 Å². The molecule has 0 rings (SSSR count). The Morgan fingerprint density at radius 3 is 0.983 bits per heavy atom. The van der Waals surface area contributed by atoms with E-state index in [4.69, 9.17) is 9.47 Å². The molecular formula is C53H106N2O4. The van der Waals surface area contributed by atoms with E-state index in [1.54, 1.807) is 0 Å². The molecule has 0 saturated carbocycles. The minimum Gasteiger partial charge on any atom is -0.466 e. The van der Waals surface area contributed by atoms with Crippen molar-refractivity contribution >= 4 is 11.9 Å². The van der Waals surface area contributed by atoms with Gasteiger partial charge in [0, 0.05) is 12.8 Å². The summed E-state index contributed by atoms with van der Waals surface area (Å²) in [6.07, 6.45) is 30.8. The molecule has 0 spiro atoms. The highest BCUT2D eigenvalue weighted by Crippen LogP contribution is 2.24. The molecule has 0 saturated heterocycles. The zero-order valence-corrected chi connectivity index (χ0v) is 41.8. The van der Waals surface area contributed by atoms with Gasteiger partial charge in [-0.25, -0.2) is 0 Å². The van der Waals surface area contributed by atoms with Crippen LogP contribution in [0.1, 0.15) is 236 Å². The maximum Gasteiger partial charge on any atom is 0.305 e. The van der Waals surface area contributed by atoms with Gasteiger partial charge in [0.1, 0.15) is 0 Å². The minimum absolute atomic E-state index is 0.0698. The number of esters is 2. The molecule has 352 valence electrons. The topological polar surface area (TPSA) is 67.9 Å². The lowest BCUT2D eigenvalue weighted by Crippen LogP contribution is -2.29. The zero-order chi connectivity index (χ0) is 44.1. The van der Waals surface area contributed by atoms with Gasteiger partial charge in [-0.15, -0.1) is 0 Å². The molecule has 0 amide bonds. The molecule has 0 aromatic heterocycles. The van der Waals surface area contributed by atoms with E-state index in [1.165, 1.54) is 116 Å². The second-order valence-electron chi connectivity index (χ2n) is 20.9. The molecule has 6 atom stereocenters. The summed E-state index contributed by atoms with van der Waals surface area (Å²) in [6.45, 7) is 28.5. The number of carbonyl (C=O) groups is 2. The van der Waals surface area contributed by atoms with E-state index in [0.29, 0.717) is 37.9 Å². The lowest BCUT2D eigenvalue weighted by Gasteiger charge is -2.22. The van der Waals surface area contributed by atoms with Gasteiger partial charge in [-0.3, -0.25) is 9.59 Å². The molecule has 0 heterocycles. The average molecular weight is 835 g/mol. The first-order valence-corrected chi connectivity index (χ1v) is 25.9. The van der Waals surface area contributed by atoms with Crippen LogP contribution in [-0.2, 0) is 19.1 Å². The molecule has 6 heteroatoms. The number of hydrogen-bond donors (Lipinski definition) is 1. The highest BCUT2D eigenvalue weighted by Gasteiger charge is 2.13. The second-order valence-corrected chi connectivity index (χ2v) is 20.9. The predicted octanol–water partition coefficient (Wildman–Crippen LogP) is 14.9. The van der Waals surface area contributed by atoms with Gasteiger partial charge in [-0.1, -0.05) is 185 Å². The van der Waals surface area contributed by atoms with Crippen LogP contribution in [0.25, 0.3) is 0 Å². The third kappa shape index (κ3) is 40.7. The van der Waals surface area contributed by atoms with E-state index in [9.17, 15) is 9.59 Å². The Hall–Kier alpha value is -1.14. The van der Waals surface area contributed by atoms with E-state index in [0.717, 1.165) is 100 Å².